The van der Waals surface area contributed by atoms with Crippen LogP contribution in [0.1, 0.15) is 30.6 Å². The van der Waals surface area contributed by atoms with Gasteiger partial charge in [-0.15, -0.1) is 0 Å². The average Bonchev–Trinajstić information content (AvgIpc) is 2.37. The van der Waals surface area contributed by atoms with Crippen LogP contribution in [0.25, 0.3) is 0 Å². The third-order valence-corrected chi connectivity index (χ3v) is 2.81. The van der Waals surface area contributed by atoms with Gasteiger partial charge in [-0.1, -0.05) is 13.8 Å². The number of carbonyl (C=O) groups excluding carboxylic acids is 1. The van der Waals surface area contributed by atoms with Crippen LogP contribution in [0, 0.1) is 16.0 Å². The number of amides is 1. The Morgan fingerprint density at radius 2 is 2.05 bits per heavy atom. The standard InChI is InChI=1S/C13H17N3O5/c1-7(2)5-10(13(18)19)15-9-4-3-8(12(14)17)6-11(9)16(20)21/h3-4,6-7,10,15H,5H2,1-2H3,(H2,14,17)(H,18,19). The summed E-state index contributed by atoms with van der Waals surface area (Å²) in [5, 5.41) is 22.8. The number of nitrogens with one attached hydrogen (secondary N) is 1. The molecule has 0 aliphatic rings. The summed E-state index contributed by atoms with van der Waals surface area (Å²) in [5.74, 6) is -1.79. The lowest BCUT2D eigenvalue weighted by atomic mass is 10.0. The van der Waals surface area contributed by atoms with Crippen LogP contribution < -0.4 is 11.1 Å². The normalized spacial score (nSPS) is 12.0. The van der Waals surface area contributed by atoms with Crippen molar-refractivity contribution in [3.05, 3.63) is 33.9 Å². The first kappa shape index (κ1) is 16.4. The molecule has 21 heavy (non-hydrogen) atoms. The van der Waals surface area contributed by atoms with E-state index in [-0.39, 0.29) is 22.9 Å². The topological polar surface area (TPSA) is 136 Å². The van der Waals surface area contributed by atoms with Crippen LogP contribution >= 0.6 is 0 Å². The lowest BCUT2D eigenvalue weighted by Crippen LogP contribution is -2.31. The number of primary amides is 1. The molecule has 0 aromatic heterocycles. The fourth-order valence-electron chi connectivity index (χ4n) is 1.84. The largest absolute Gasteiger partial charge is 0.480 e. The first-order valence-corrected chi connectivity index (χ1v) is 6.30. The van der Waals surface area contributed by atoms with Crippen molar-refractivity contribution in [1.82, 2.24) is 0 Å². The fourth-order valence-corrected chi connectivity index (χ4v) is 1.84. The number of carboxylic acids is 1. The number of hydrogen-bond acceptors (Lipinski definition) is 5. The van der Waals surface area contributed by atoms with Crippen molar-refractivity contribution >= 4 is 23.3 Å². The van der Waals surface area contributed by atoms with Crippen LogP contribution in [0.2, 0.25) is 0 Å². The molecule has 1 atom stereocenters. The fraction of sp³-hybridized carbons (Fsp3) is 0.385. The predicted octanol–water partition coefficient (Wildman–Crippen LogP) is 1.60. The SMILES string of the molecule is CC(C)CC(Nc1ccc(C(N)=O)cc1[N+](=O)[O-])C(=O)O. The van der Waals surface area contributed by atoms with E-state index in [0.29, 0.717) is 6.42 Å². The molecule has 8 heteroatoms. The molecule has 1 amide bonds. The number of nitrogens with zero attached hydrogens (tertiary/aromatic N) is 1. The molecule has 0 spiro atoms. The molecule has 0 aliphatic carbocycles. The highest BCUT2D eigenvalue weighted by molar-refractivity contribution is 5.94. The Morgan fingerprint density at radius 3 is 2.48 bits per heavy atom. The first-order chi connectivity index (χ1) is 9.72. The van der Waals surface area contributed by atoms with Gasteiger partial charge in [0.2, 0.25) is 5.91 Å². The number of aliphatic carboxylic acids is 1. The van der Waals surface area contributed by atoms with Crippen molar-refractivity contribution in [2.24, 2.45) is 11.7 Å². The molecule has 0 bridgehead atoms. The summed E-state index contributed by atoms with van der Waals surface area (Å²) in [4.78, 5) is 32.6. The summed E-state index contributed by atoms with van der Waals surface area (Å²) in [6.07, 6.45) is 0.310. The van der Waals surface area contributed by atoms with E-state index >= 15 is 0 Å². The Bertz CT molecular complexity index is 571. The number of benzene rings is 1. The average molecular weight is 295 g/mol. The summed E-state index contributed by atoms with van der Waals surface area (Å²) >= 11 is 0. The van der Waals surface area contributed by atoms with Gasteiger partial charge in [0.15, 0.2) is 0 Å². The van der Waals surface area contributed by atoms with Gasteiger partial charge in [0.1, 0.15) is 11.7 Å². The second-order valence-corrected chi connectivity index (χ2v) is 5.02. The molecule has 0 aliphatic heterocycles. The second-order valence-electron chi connectivity index (χ2n) is 5.02. The maximum atomic E-state index is 11.2. The highest BCUT2D eigenvalue weighted by Gasteiger charge is 2.23. The van der Waals surface area contributed by atoms with E-state index in [0.717, 1.165) is 6.07 Å². The highest BCUT2D eigenvalue weighted by atomic mass is 16.6. The Morgan fingerprint density at radius 1 is 1.43 bits per heavy atom. The van der Waals surface area contributed by atoms with E-state index in [9.17, 15) is 19.7 Å². The van der Waals surface area contributed by atoms with E-state index in [1.165, 1.54) is 12.1 Å². The number of rotatable bonds is 7. The Balaban J connectivity index is 3.13. The Kier molecular flexibility index (Phi) is 5.23. The van der Waals surface area contributed by atoms with Gasteiger partial charge < -0.3 is 16.2 Å². The molecule has 0 fully saturated rings. The van der Waals surface area contributed by atoms with Gasteiger partial charge in [0.25, 0.3) is 5.69 Å². The predicted molar refractivity (Wildman–Crippen MR) is 76.1 cm³/mol. The molecule has 0 heterocycles. The first-order valence-electron chi connectivity index (χ1n) is 6.30. The monoisotopic (exact) mass is 295 g/mol. The summed E-state index contributed by atoms with van der Waals surface area (Å²) in [5.41, 5.74) is 4.71. The zero-order chi connectivity index (χ0) is 16.2. The van der Waals surface area contributed by atoms with Crippen molar-refractivity contribution in [2.45, 2.75) is 26.3 Å². The molecule has 0 saturated heterocycles. The smallest absolute Gasteiger partial charge is 0.326 e. The third kappa shape index (κ3) is 4.44. The van der Waals surface area contributed by atoms with Crippen molar-refractivity contribution in [1.29, 1.82) is 0 Å². The van der Waals surface area contributed by atoms with Gasteiger partial charge in [0, 0.05) is 11.6 Å². The Hall–Kier alpha value is -2.64. The molecule has 0 radical (unpaired) electrons. The molecule has 8 nitrogen and oxygen atoms in total. The van der Waals surface area contributed by atoms with Gasteiger partial charge in [-0.05, 0) is 24.5 Å². The second kappa shape index (κ2) is 6.69. The number of hydrogen-bond donors (Lipinski definition) is 3. The zero-order valence-electron chi connectivity index (χ0n) is 11.7. The summed E-state index contributed by atoms with van der Waals surface area (Å²) in [6, 6.07) is 2.67. The maximum Gasteiger partial charge on any atom is 0.326 e. The van der Waals surface area contributed by atoms with Crippen LogP contribution in [-0.2, 0) is 4.79 Å². The van der Waals surface area contributed by atoms with Crippen LogP contribution in [0.15, 0.2) is 18.2 Å². The highest BCUT2D eigenvalue weighted by Crippen LogP contribution is 2.27. The molecule has 114 valence electrons. The number of carboxylic acid groups (broad SMARTS) is 1. The molecule has 4 N–H and O–H groups in total. The van der Waals surface area contributed by atoms with E-state index in [4.69, 9.17) is 10.8 Å². The molecule has 1 aromatic carbocycles. The molecular weight excluding hydrogens is 278 g/mol. The maximum absolute atomic E-state index is 11.2. The van der Waals surface area contributed by atoms with Crippen LogP contribution in [0.3, 0.4) is 0 Å². The quantitative estimate of drug-likeness (QED) is 0.516. The number of anilines is 1. The number of nitro benzene ring substituents is 1. The summed E-state index contributed by atoms with van der Waals surface area (Å²) < 4.78 is 0. The van der Waals surface area contributed by atoms with E-state index in [2.05, 4.69) is 5.32 Å². The molecule has 1 rings (SSSR count). The summed E-state index contributed by atoms with van der Waals surface area (Å²) in [7, 11) is 0. The minimum absolute atomic E-state index is 0.0111. The van der Waals surface area contributed by atoms with Gasteiger partial charge >= 0.3 is 5.97 Å². The van der Waals surface area contributed by atoms with Gasteiger partial charge in [-0.3, -0.25) is 14.9 Å². The zero-order valence-corrected chi connectivity index (χ0v) is 11.7. The van der Waals surface area contributed by atoms with E-state index in [1.807, 2.05) is 13.8 Å². The van der Waals surface area contributed by atoms with E-state index in [1.54, 1.807) is 0 Å². The molecular formula is C13H17N3O5. The van der Waals surface area contributed by atoms with Gasteiger partial charge in [-0.25, -0.2) is 4.79 Å². The van der Waals surface area contributed by atoms with Crippen LogP contribution in [-0.4, -0.2) is 27.9 Å². The van der Waals surface area contributed by atoms with Gasteiger partial charge in [0.05, 0.1) is 4.92 Å². The third-order valence-electron chi connectivity index (χ3n) is 2.81. The minimum atomic E-state index is -1.10. The van der Waals surface area contributed by atoms with Crippen molar-refractivity contribution in [3.63, 3.8) is 0 Å². The van der Waals surface area contributed by atoms with Crippen LogP contribution in [0.4, 0.5) is 11.4 Å². The van der Waals surface area contributed by atoms with Crippen LogP contribution in [0.5, 0.6) is 0 Å². The van der Waals surface area contributed by atoms with Crippen molar-refractivity contribution < 1.29 is 19.6 Å². The molecule has 1 unspecified atom stereocenters. The number of nitrogens with two attached hydrogens (primary N) is 1. The molecule has 0 saturated carbocycles. The number of nitro groups is 1. The minimum Gasteiger partial charge on any atom is -0.480 e. The van der Waals surface area contributed by atoms with E-state index < -0.39 is 22.8 Å². The van der Waals surface area contributed by atoms with Gasteiger partial charge in [-0.2, -0.15) is 0 Å². The molecule has 1 aromatic rings. The van der Waals surface area contributed by atoms with Crippen molar-refractivity contribution in [3.8, 4) is 0 Å². The summed E-state index contributed by atoms with van der Waals surface area (Å²) in [6.45, 7) is 3.70. The Labute approximate surface area is 121 Å². The van der Waals surface area contributed by atoms with Crippen molar-refractivity contribution in [2.75, 3.05) is 5.32 Å². The lowest BCUT2D eigenvalue weighted by molar-refractivity contribution is -0.384. The lowest BCUT2D eigenvalue weighted by Gasteiger charge is -2.17. The number of carbonyl (C=O) groups is 2.